The van der Waals surface area contributed by atoms with Gasteiger partial charge < -0.3 is 0 Å². The summed E-state index contributed by atoms with van der Waals surface area (Å²) < 4.78 is 11.1. The monoisotopic (exact) mass is 631 g/mol. The van der Waals surface area contributed by atoms with Gasteiger partial charge in [0, 0.05) is 0 Å². The second-order valence-electron chi connectivity index (χ2n) is 14.6. The van der Waals surface area contributed by atoms with Crippen LogP contribution in [0.15, 0.2) is 18.2 Å². The number of hydrogen-bond donors (Lipinski definition) is 1. The molecule has 1 aromatic carbocycles. The van der Waals surface area contributed by atoms with Crippen LogP contribution in [-0.2, 0) is 0 Å². The van der Waals surface area contributed by atoms with E-state index in [-0.39, 0.29) is 0 Å². The first-order chi connectivity index (χ1) is 14.5. The van der Waals surface area contributed by atoms with Gasteiger partial charge in [-0.05, 0) is 0 Å². The van der Waals surface area contributed by atoms with E-state index in [1.165, 1.54) is 16.8 Å². The Hall–Kier alpha value is 0.606. The van der Waals surface area contributed by atoms with E-state index in [1.54, 1.807) is 0 Å². The van der Waals surface area contributed by atoms with Gasteiger partial charge >= 0.3 is 219 Å². The van der Waals surface area contributed by atoms with Gasteiger partial charge in [0.05, 0.1) is 0 Å². The second kappa shape index (κ2) is 10.5. The van der Waals surface area contributed by atoms with E-state index in [9.17, 15) is 0 Å². The van der Waals surface area contributed by atoms with Crippen LogP contribution in [0.4, 0.5) is 5.69 Å². The van der Waals surface area contributed by atoms with Crippen LogP contribution in [0, 0.1) is 0 Å². The molecule has 0 saturated heterocycles. The van der Waals surface area contributed by atoms with E-state index in [2.05, 4.69) is 138 Å². The van der Waals surface area contributed by atoms with E-state index in [0.717, 1.165) is 0 Å². The molecular weight excluding hydrogens is 573 g/mol. The molecule has 0 aliphatic heterocycles. The quantitative estimate of drug-likeness (QED) is 0.261. The normalized spacial score (nSPS) is 14.7. The van der Waals surface area contributed by atoms with Crippen LogP contribution < -0.4 is 3.54 Å². The Kier molecular flexibility index (Phi) is 10.1. The molecule has 3 nitrogen and oxygen atoms in total. The Balaban J connectivity index is 4.14. The van der Waals surface area contributed by atoms with Crippen molar-refractivity contribution in [3.8, 4) is 0 Å². The SMILES string of the molecule is CC(C)c1cccc(C(C)C)c1[NH][Sn]([CH3])([N]([Si](C)(C)C)[Si](C)(C)C)[N]([Si](C)(C)C)[Si](C)(C)C. The van der Waals surface area contributed by atoms with Crippen LogP contribution in [0.25, 0.3) is 0 Å². The van der Waals surface area contributed by atoms with Crippen LogP contribution in [0.1, 0.15) is 50.7 Å². The van der Waals surface area contributed by atoms with Gasteiger partial charge in [0.1, 0.15) is 0 Å². The summed E-state index contributed by atoms with van der Waals surface area (Å²) in [6.07, 6.45) is 0. The third-order valence-electron chi connectivity index (χ3n) is 6.29. The summed E-state index contributed by atoms with van der Waals surface area (Å²) in [5, 5.41) is 0. The zero-order chi connectivity index (χ0) is 26.4. The summed E-state index contributed by atoms with van der Waals surface area (Å²) in [5.41, 5.74) is 4.48. The summed E-state index contributed by atoms with van der Waals surface area (Å²) in [5.74, 6) is 1.03. The van der Waals surface area contributed by atoms with Gasteiger partial charge in [-0.3, -0.25) is 0 Å². The average molecular weight is 631 g/mol. The first-order valence-corrected chi connectivity index (χ1v) is 33.6. The first kappa shape index (κ1) is 31.6. The zero-order valence-electron chi connectivity index (χ0n) is 25.3. The number of benzene rings is 1. The topological polar surface area (TPSA) is 18.5 Å². The van der Waals surface area contributed by atoms with Gasteiger partial charge in [0.2, 0.25) is 0 Å². The van der Waals surface area contributed by atoms with Crippen LogP contribution in [0.3, 0.4) is 0 Å². The molecule has 0 spiro atoms. The second-order valence-corrected chi connectivity index (χ2v) is 48.9. The number of para-hydroxylation sites is 1. The molecule has 0 bridgehead atoms. The summed E-state index contributed by atoms with van der Waals surface area (Å²) >= 11 is -3.34. The molecule has 0 aliphatic rings. The molecule has 8 heteroatoms. The number of nitrogens with zero attached hydrogens (tertiary/aromatic N) is 2. The van der Waals surface area contributed by atoms with E-state index in [0.29, 0.717) is 11.8 Å². The Morgan fingerprint density at radius 3 is 1.09 bits per heavy atom. The van der Waals surface area contributed by atoms with Crippen molar-refractivity contribution in [3.63, 3.8) is 0 Å². The van der Waals surface area contributed by atoms with Gasteiger partial charge in [-0.1, -0.05) is 0 Å². The van der Waals surface area contributed by atoms with E-state index in [1.807, 2.05) is 0 Å². The van der Waals surface area contributed by atoms with Crippen LogP contribution in [0.5, 0.6) is 0 Å². The van der Waals surface area contributed by atoms with E-state index in [4.69, 9.17) is 0 Å². The maximum absolute atomic E-state index is 4.58. The van der Waals surface area contributed by atoms with Crippen molar-refractivity contribution in [1.82, 2.24) is 4.91 Å². The molecule has 0 atom stereocenters. The predicted molar refractivity (Wildman–Crippen MR) is 167 cm³/mol. The molecule has 0 saturated carbocycles. The van der Waals surface area contributed by atoms with Crippen molar-refractivity contribution in [2.45, 2.75) is 123 Å². The number of anilines is 1. The molecule has 0 fully saturated rings. The predicted octanol–water partition coefficient (Wildman–Crippen LogP) is 8.86. The van der Waals surface area contributed by atoms with E-state index >= 15 is 0 Å². The molecule has 0 unspecified atom stereocenters. The molecule has 1 aromatic rings. The number of rotatable bonds is 10. The molecule has 1 rings (SSSR count). The summed E-state index contributed by atoms with van der Waals surface area (Å²) in [6.45, 7) is 40.7. The molecule has 0 heterocycles. The molecule has 0 radical (unpaired) electrons. The molecule has 192 valence electrons. The molecule has 0 amide bonds. The van der Waals surface area contributed by atoms with Crippen molar-refractivity contribution >= 4 is 57.8 Å². The van der Waals surface area contributed by atoms with Gasteiger partial charge in [0.15, 0.2) is 0 Å². The van der Waals surface area contributed by atoms with E-state index < -0.39 is 52.1 Å². The van der Waals surface area contributed by atoms with Gasteiger partial charge in [-0.25, -0.2) is 0 Å². The Bertz CT molecular complexity index is 714. The summed E-state index contributed by atoms with van der Waals surface area (Å²) in [7, 11) is -6.37. The third kappa shape index (κ3) is 7.55. The fourth-order valence-electron chi connectivity index (χ4n) is 6.77. The van der Waals surface area contributed by atoms with Crippen molar-refractivity contribution in [3.05, 3.63) is 29.3 Å². The summed E-state index contributed by atoms with van der Waals surface area (Å²) in [4.78, 5) is 2.75. The Morgan fingerprint density at radius 1 is 0.606 bits per heavy atom. The van der Waals surface area contributed by atoms with Gasteiger partial charge in [0.25, 0.3) is 0 Å². The molecular formula is C25H57N3Si4Sn. The molecule has 1 N–H and O–H groups in total. The minimum atomic E-state index is -3.34. The van der Waals surface area contributed by atoms with Crippen molar-refractivity contribution < 1.29 is 0 Å². The first-order valence-electron chi connectivity index (χ1n) is 13.0. The fourth-order valence-corrected chi connectivity index (χ4v) is 83.1. The Labute approximate surface area is 217 Å². The fraction of sp³-hybridized carbons (Fsp3) is 0.760. The van der Waals surface area contributed by atoms with Crippen molar-refractivity contribution in [1.29, 1.82) is 0 Å². The average Bonchev–Trinajstić information content (AvgIpc) is 2.47. The molecule has 0 aromatic heterocycles. The Morgan fingerprint density at radius 2 is 0.879 bits per heavy atom. The summed E-state index contributed by atoms with van der Waals surface area (Å²) in [6, 6.07) is 7.05. The zero-order valence-corrected chi connectivity index (χ0v) is 32.1. The molecule has 33 heavy (non-hydrogen) atoms. The van der Waals surface area contributed by atoms with Crippen molar-refractivity contribution in [2.24, 2.45) is 0 Å². The standard InChI is InChI=1S/C12H18N.2C6H18NSi2.CH3.Sn/c1-8(2)10-6-5-7-11(9(3)4)12(10)13;2*1-8(2,3)7-9(4,5)6;;/h5-9,13H,1-4H3;2*1-6H3;1H3;/q3*-1;;+3. The van der Waals surface area contributed by atoms with Crippen LogP contribution in [0.2, 0.25) is 83.5 Å². The van der Waals surface area contributed by atoms with Crippen molar-refractivity contribution in [2.75, 3.05) is 3.54 Å². The van der Waals surface area contributed by atoms with Crippen LogP contribution >= 0.6 is 0 Å². The third-order valence-corrected chi connectivity index (χ3v) is 61.4. The maximum atomic E-state index is 4.58. The minimum absolute atomic E-state index is 0.515. The number of hydrogen-bond acceptors (Lipinski definition) is 3. The van der Waals surface area contributed by atoms with Gasteiger partial charge in [-0.2, -0.15) is 0 Å². The molecule has 0 aliphatic carbocycles. The van der Waals surface area contributed by atoms with Crippen LogP contribution in [-0.4, -0.2) is 57.0 Å². The number of nitrogens with one attached hydrogen (secondary N) is 1. The van der Waals surface area contributed by atoms with Gasteiger partial charge in [-0.15, -0.1) is 0 Å².